The fourth-order valence-electron chi connectivity index (χ4n) is 2.36. The molecule has 2 aromatic rings. The third kappa shape index (κ3) is 4.38. The molecule has 0 unspecified atom stereocenters. The molecule has 1 atom stereocenters. The van der Waals surface area contributed by atoms with Gasteiger partial charge >= 0.3 is 0 Å². The summed E-state index contributed by atoms with van der Waals surface area (Å²) in [6.45, 7) is 3.05. The maximum atomic E-state index is 5.94. The van der Waals surface area contributed by atoms with Crippen LogP contribution in [0.1, 0.15) is 11.6 Å². The van der Waals surface area contributed by atoms with Gasteiger partial charge in [-0.1, -0.05) is 41.6 Å². The summed E-state index contributed by atoms with van der Waals surface area (Å²) in [5, 5.41) is 7.79. The Hall–Kier alpha value is -0.710. The first-order chi connectivity index (χ1) is 9.83. The van der Waals surface area contributed by atoms with Crippen LogP contribution in [0, 0.1) is 0 Å². The molecule has 0 amide bonds. The first kappa shape index (κ1) is 16.7. The lowest BCUT2D eigenvalue weighted by Crippen LogP contribution is -2.42. The molecule has 0 aliphatic carbocycles. The van der Waals surface area contributed by atoms with Gasteiger partial charge in [-0.2, -0.15) is 0 Å². The van der Waals surface area contributed by atoms with Crippen molar-refractivity contribution in [1.29, 1.82) is 0 Å². The van der Waals surface area contributed by atoms with E-state index in [4.69, 9.17) is 11.6 Å². The number of benzene rings is 2. The predicted molar refractivity (Wildman–Crippen MR) is 92.9 cm³/mol. The van der Waals surface area contributed by atoms with Crippen LogP contribution in [0.2, 0.25) is 5.02 Å². The highest BCUT2D eigenvalue weighted by atomic mass is 35.5. The van der Waals surface area contributed by atoms with Crippen LogP contribution in [0.25, 0.3) is 0 Å². The van der Waals surface area contributed by atoms with E-state index in [9.17, 15) is 0 Å². The molecule has 112 valence electrons. The lowest BCUT2D eigenvalue weighted by molar-refractivity contribution is 0.426. The average Bonchev–Trinajstić information content (AvgIpc) is 2.51. The Morgan fingerprint density at radius 3 is 2.48 bits per heavy atom. The van der Waals surface area contributed by atoms with Crippen molar-refractivity contribution in [3.05, 3.63) is 59.1 Å². The highest BCUT2D eigenvalue weighted by molar-refractivity contribution is 7.99. The molecule has 1 aliphatic heterocycles. The van der Waals surface area contributed by atoms with Crippen LogP contribution < -0.4 is 10.6 Å². The molecule has 0 bridgehead atoms. The van der Waals surface area contributed by atoms with E-state index in [1.165, 1.54) is 15.4 Å². The molecule has 0 radical (unpaired) electrons. The summed E-state index contributed by atoms with van der Waals surface area (Å²) in [5.41, 5.74) is 1.36. The second-order valence-corrected chi connectivity index (χ2v) is 6.36. The monoisotopic (exact) mass is 340 g/mol. The fourth-order valence-corrected chi connectivity index (χ4v) is 3.49. The van der Waals surface area contributed by atoms with Gasteiger partial charge in [0.05, 0.1) is 0 Å². The Morgan fingerprint density at radius 1 is 1.00 bits per heavy atom. The van der Waals surface area contributed by atoms with E-state index in [2.05, 4.69) is 47.0 Å². The Bertz CT molecular complexity index is 569. The molecule has 21 heavy (non-hydrogen) atoms. The van der Waals surface area contributed by atoms with Gasteiger partial charge in [0.1, 0.15) is 0 Å². The zero-order chi connectivity index (χ0) is 13.8. The third-order valence-electron chi connectivity index (χ3n) is 3.38. The largest absolute Gasteiger partial charge is 0.314 e. The minimum absolute atomic E-state index is 0. The fraction of sp³-hybridized carbons (Fsp3) is 0.250. The highest BCUT2D eigenvalue weighted by Crippen LogP contribution is 2.33. The van der Waals surface area contributed by atoms with Crippen LogP contribution >= 0.6 is 35.8 Å². The summed E-state index contributed by atoms with van der Waals surface area (Å²) < 4.78 is 0. The molecule has 5 heteroatoms. The average molecular weight is 341 g/mol. The number of nitrogens with one attached hydrogen (secondary N) is 2. The predicted octanol–water partition coefficient (Wildman–Crippen LogP) is 4.15. The van der Waals surface area contributed by atoms with Gasteiger partial charge < -0.3 is 10.6 Å². The molecule has 1 aliphatic rings. The number of rotatable bonds is 3. The summed E-state index contributed by atoms with van der Waals surface area (Å²) in [7, 11) is 0. The minimum Gasteiger partial charge on any atom is -0.314 e. The Kier molecular flexibility index (Phi) is 6.40. The van der Waals surface area contributed by atoms with E-state index in [0.717, 1.165) is 24.7 Å². The molecule has 0 saturated carbocycles. The van der Waals surface area contributed by atoms with Crippen molar-refractivity contribution in [3.63, 3.8) is 0 Å². The maximum Gasteiger partial charge on any atom is 0.0458 e. The highest BCUT2D eigenvalue weighted by Gasteiger charge is 2.17. The number of hydrogen-bond acceptors (Lipinski definition) is 3. The lowest BCUT2D eigenvalue weighted by Gasteiger charge is -2.26. The van der Waals surface area contributed by atoms with Crippen molar-refractivity contribution in [3.8, 4) is 0 Å². The van der Waals surface area contributed by atoms with Crippen LogP contribution in [0.3, 0.4) is 0 Å². The smallest absolute Gasteiger partial charge is 0.0458 e. The summed E-state index contributed by atoms with van der Waals surface area (Å²) in [6.07, 6.45) is 0. The molecule has 2 aromatic carbocycles. The number of piperazine rings is 1. The van der Waals surface area contributed by atoms with Gasteiger partial charge in [0, 0.05) is 40.5 Å². The maximum absolute atomic E-state index is 5.94. The first-order valence-corrected chi connectivity index (χ1v) is 7.99. The molecular weight excluding hydrogens is 323 g/mol. The standard InChI is InChI=1S/C16H17ClN2S.ClH/c17-12-5-7-13(8-6-12)20-16-4-2-1-3-14(16)15-11-18-9-10-19-15;/h1-8,15,18-19H,9-11H2;1H/t15-;/m1./s1. The zero-order valence-corrected chi connectivity index (χ0v) is 13.9. The van der Waals surface area contributed by atoms with Crippen LogP contribution in [-0.2, 0) is 0 Å². The van der Waals surface area contributed by atoms with Crippen LogP contribution in [0.5, 0.6) is 0 Å². The van der Waals surface area contributed by atoms with Gasteiger partial charge in [-0.3, -0.25) is 0 Å². The van der Waals surface area contributed by atoms with Gasteiger partial charge in [0.25, 0.3) is 0 Å². The van der Waals surface area contributed by atoms with Gasteiger partial charge in [0.2, 0.25) is 0 Å². The van der Waals surface area contributed by atoms with Crippen molar-refractivity contribution in [2.45, 2.75) is 15.8 Å². The second kappa shape index (κ2) is 8.06. The van der Waals surface area contributed by atoms with E-state index in [0.29, 0.717) is 6.04 Å². The molecule has 3 rings (SSSR count). The molecule has 1 fully saturated rings. The van der Waals surface area contributed by atoms with Crippen molar-refractivity contribution in [2.75, 3.05) is 19.6 Å². The van der Waals surface area contributed by atoms with Gasteiger partial charge in [-0.15, -0.1) is 12.4 Å². The van der Waals surface area contributed by atoms with Crippen LogP contribution in [-0.4, -0.2) is 19.6 Å². The van der Waals surface area contributed by atoms with Crippen molar-refractivity contribution < 1.29 is 0 Å². The van der Waals surface area contributed by atoms with Crippen molar-refractivity contribution >= 4 is 35.8 Å². The Balaban J connectivity index is 0.00000161. The molecule has 0 aromatic heterocycles. The molecule has 2 nitrogen and oxygen atoms in total. The van der Waals surface area contributed by atoms with Crippen molar-refractivity contribution in [2.24, 2.45) is 0 Å². The summed E-state index contributed by atoms with van der Waals surface area (Å²) >= 11 is 7.73. The summed E-state index contributed by atoms with van der Waals surface area (Å²) in [4.78, 5) is 2.52. The van der Waals surface area contributed by atoms with Crippen LogP contribution in [0.4, 0.5) is 0 Å². The summed E-state index contributed by atoms with van der Waals surface area (Å²) in [5.74, 6) is 0. The Morgan fingerprint density at radius 2 is 1.76 bits per heavy atom. The number of halogens is 2. The molecular formula is C16H18Cl2N2S. The van der Waals surface area contributed by atoms with Gasteiger partial charge in [0.15, 0.2) is 0 Å². The quantitative estimate of drug-likeness (QED) is 0.877. The minimum atomic E-state index is 0. The lowest BCUT2D eigenvalue weighted by atomic mass is 10.1. The summed E-state index contributed by atoms with van der Waals surface area (Å²) in [6, 6.07) is 17.0. The molecule has 2 N–H and O–H groups in total. The SMILES string of the molecule is Cl.Clc1ccc(Sc2ccccc2[C@H]2CNCCN2)cc1. The molecule has 1 saturated heterocycles. The van der Waals surface area contributed by atoms with Crippen molar-refractivity contribution in [1.82, 2.24) is 10.6 Å². The Labute approximate surface area is 141 Å². The first-order valence-electron chi connectivity index (χ1n) is 6.79. The zero-order valence-electron chi connectivity index (χ0n) is 11.5. The van der Waals surface area contributed by atoms with E-state index in [-0.39, 0.29) is 12.4 Å². The van der Waals surface area contributed by atoms with E-state index >= 15 is 0 Å². The number of hydrogen-bond donors (Lipinski definition) is 2. The molecule has 0 spiro atoms. The molecule has 1 heterocycles. The van der Waals surface area contributed by atoms with Gasteiger partial charge in [-0.25, -0.2) is 0 Å². The van der Waals surface area contributed by atoms with Crippen LogP contribution in [0.15, 0.2) is 58.3 Å². The van der Waals surface area contributed by atoms with E-state index in [1.54, 1.807) is 11.8 Å². The van der Waals surface area contributed by atoms with Gasteiger partial charge in [-0.05, 0) is 35.9 Å². The topological polar surface area (TPSA) is 24.1 Å². The van der Waals surface area contributed by atoms with E-state index in [1.807, 2.05) is 12.1 Å². The third-order valence-corrected chi connectivity index (χ3v) is 4.73. The normalized spacial score (nSPS) is 18.0. The van der Waals surface area contributed by atoms with E-state index < -0.39 is 0 Å². The second-order valence-electron chi connectivity index (χ2n) is 4.80.